The maximum Gasteiger partial charge on any atom is 0.227 e. The number of nitrogens with one attached hydrogen (secondary N) is 1. The summed E-state index contributed by atoms with van der Waals surface area (Å²) in [6.45, 7) is 1.51. The van der Waals surface area contributed by atoms with Crippen molar-refractivity contribution in [2.75, 3.05) is 20.1 Å². The van der Waals surface area contributed by atoms with E-state index in [-0.39, 0.29) is 18.4 Å². The van der Waals surface area contributed by atoms with Gasteiger partial charge in [-0.05, 0) is 37.6 Å². The van der Waals surface area contributed by atoms with Gasteiger partial charge in [-0.2, -0.15) is 0 Å². The smallest absolute Gasteiger partial charge is 0.227 e. The van der Waals surface area contributed by atoms with Gasteiger partial charge in [-0.3, -0.25) is 4.79 Å². The number of likely N-dealkylation sites (N-methyl/N-ethyl adjacent to an activating group) is 1. The molecule has 0 aliphatic carbocycles. The molecule has 0 aromatic heterocycles. The lowest BCUT2D eigenvalue weighted by Crippen LogP contribution is -2.41. The number of likely N-dealkylation sites (tertiary alicyclic amines) is 1. The van der Waals surface area contributed by atoms with Crippen LogP contribution in [0, 0.1) is 11.6 Å². The summed E-state index contributed by atoms with van der Waals surface area (Å²) >= 11 is 0. The molecule has 1 aliphatic heterocycles. The van der Waals surface area contributed by atoms with E-state index >= 15 is 0 Å². The average Bonchev–Trinajstić information content (AvgIpc) is 2.83. The van der Waals surface area contributed by atoms with Gasteiger partial charge in [0.2, 0.25) is 5.91 Å². The summed E-state index contributed by atoms with van der Waals surface area (Å²) in [6, 6.07) is 3.82. The van der Waals surface area contributed by atoms with E-state index in [2.05, 4.69) is 5.32 Å². The standard InChI is InChI=1S/C14H18F2N2O/c1-17-9-11-3-2-6-18(11)14(19)8-10-4-5-12(15)13(16)7-10/h4-5,7,11,17H,2-3,6,8-9H2,1H3/t11-/m0/s1. The average molecular weight is 268 g/mol. The largest absolute Gasteiger partial charge is 0.338 e. The van der Waals surface area contributed by atoms with Gasteiger partial charge < -0.3 is 10.2 Å². The number of hydrogen-bond acceptors (Lipinski definition) is 2. The maximum absolute atomic E-state index is 13.1. The Morgan fingerprint density at radius 2 is 2.21 bits per heavy atom. The van der Waals surface area contributed by atoms with Crippen LogP contribution in [0.5, 0.6) is 0 Å². The summed E-state index contributed by atoms with van der Waals surface area (Å²) < 4.78 is 25.9. The molecule has 0 spiro atoms. The van der Waals surface area contributed by atoms with E-state index in [9.17, 15) is 13.6 Å². The Morgan fingerprint density at radius 1 is 1.42 bits per heavy atom. The summed E-state index contributed by atoms with van der Waals surface area (Å²) in [4.78, 5) is 14.0. The molecule has 0 radical (unpaired) electrons. The van der Waals surface area contributed by atoms with Gasteiger partial charge in [-0.15, -0.1) is 0 Å². The fourth-order valence-electron chi connectivity index (χ4n) is 2.54. The monoisotopic (exact) mass is 268 g/mol. The zero-order valence-electron chi connectivity index (χ0n) is 11.0. The normalized spacial score (nSPS) is 18.9. The first-order valence-corrected chi connectivity index (χ1v) is 6.50. The van der Waals surface area contributed by atoms with Crippen LogP contribution in [0.2, 0.25) is 0 Å². The van der Waals surface area contributed by atoms with E-state index < -0.39 is 11.6 Å². The Morgan fingerprint density at radius 3 is 2.89 bits per heavy atom. The van der Waals surface area contributed by atoms with E-state index in [1.54, 1.807) is 0 Å². The van der Waals surface area contributed by atoms with Gasteiger partial charge in [0.25, 0.3) is 0 Å². The molecule has 19 heavy (non-hydrogen) atoms. The summed E-state index contributed by atoms with van der Waals surface area (Å²) in [5.74, 6) is -1.81. The first kappa shape index (κ1) is 13.9. The lowest BCUT2D eigenvalue weighted by Gasteiger charge is -2.24. The molecule has 1 amide bonds. The highest BCUT2D eigenvalue weighted by Crippen LogP contribution is 2.18. The molecule has 0 bridgehead atoms. The zero-order chi connectivity index (χ0) is 13.8. The van der Waals surface area contributed by atoms with E-state index in [1.165, 1.54) is 6.07 Å². The minimum absolute atomic E-state index is 0.0243. The van der Waals surface area contributed by atoms with Crippen LogP contribution in [0.25, 0.3) is 0 Å². The lowest BCUT2D eigenvalue weighted by atomic mass is 10.1. The molecule has 104 valence electrons. The van der Waals surface area contributed by atoms with Crippen LogP contribution in [0.1, 0.15) is 18.4 Å². The van der Waals surface area contributed by atoms with Crippen LogP contribution in [0.3, 0.4) is 0 Å². The van der Waals surface area contributed by atoms with Crippen LogP contribution in [-0.4, -0.2) is 37.0 Å². The Kier molecular flexibility index (Phi) is 4.47. The zero-order valence-corrected chi connectivity index (χ0v) is 11.0. The van der Waals surface area contributed by atoms with Crippen LogP contribution in [-0.2, 0) is 11.2 Å². The Labute approximate surface area is 111 Å². The predicted octanol–water partition coefficient (Wildman–Crippen LogP) is 1.72. The number of benzene rings is 1. The second-order valence-electron chi connectivity index (χ2n) is 4.87. The molecular formula is C14H18F2N2O. The number of hydrogen-bond donors (Lipinski definition) is 1. The third-order valence-corrected chi connectivity index (χ3v) is 3.48. The van der Waals surface area contributed by atoms with Gasteiger partial charge >= 0.3 is 0 Å². The van der Waals surface area contributed by atoms with Crippen molar-refractivity contribution in [1.82, 2.24) is 10.2 Å². The highest BCUT2D eigenvalue weighted by molar-refractivity contribution is 5.79. The topological polar surface area (TPSA) is 32.3 Å². The molecular weight excluding hydrogens is 250 g/mol. The minimum atomic E-state index is -0.904. The van der Waals surface area contributed by atoms with Crippen molar-refractivity contribution < 1.29 is 13.6 Å². The van der Waals surface area contributed by atoms with Gasteiger partial charge in [0.05, 0.1) is 6.42 Å². The summed E-state index contributed by atoms with van der Waals surface area (Å²) in [5, 5.41) is 3.07. The van der Waals surface area contributed by atoms with E-state index in [0.717, 1.165) is 38.1 Å². The molecule has 3 nitrogen and oxygen atoms in total. The van der Waals surface area contributed by atoms with Crippen LogP contribution >= 0.6 is 0 Å². The van der Waals surface area contributed by atoms with Crippen LogP contribution in [0.15, 0.2) is 18.2 Å². The number of nitrogens with zero attached hydrogens (tertiary/aromatic N) is 1. The molecule has 1 aromatic carbocycles. The van der Waals surface area contributed by atoms with E-state index in [1.807, 2.05) is 11.9 Å². The maximum atomic E-state index is 13.1. The molecule has 5 heteroatoms. The molecule has 1 aromatic rings. The summed E-state index contributed by atoms with van der Waals surface area (Å²) in [7, 11) is 1.86. The van der Waals surface area contributed by atoms with E-state index in [0.29, 0.717) is 5.56 Å². The Balaban J connectivity index is 2.02. The second kappa shape index (κ2) is 6.10. The summed E-state index contributed by atoms with van der Waals surface area (Å²) in [5.41, 5.74) is 0.513. The first-order valence-electron chi connectivity index (χ1n) is 6.50. The predicted molar refractivity (Wildman–Crippen MR) is 68.7 cm³/mol. The van der Waals surface area contributed by atoms with Crippen LogP contribution in [0.4, 0.5) is 8.78 Å². The fourth-order valence-corrected chi connectivity index (χ4v) is 2.54. The highest BCUT2D eigenvalue weighted by Gasteiger charge is 2.27. The number of carbonyl (C=O) groups excluding carboxylic acids is 1. The number of carbonyl (C=O) groups is 1. The van der Waals surface area contributed by atoms with Crippen molar-refractivity contribution in [3.05, 3.63) is 35.4 Å². The molecule has 1 aliphatic rings. The molecule has 1 saturated heterocycles. The molecule has 1 heterocycles. The number of amides is 1. The third kappa shape index (κ3) is 3.29. The second-order valence-corrected chi connectivity index (χ2v) is 4.87. The van der Waals surface area contributed by atoms with E-state index in [4.69, 9.17) is 0 Å². The Bertz CT molecular complexity index is 465. The van der Waals surface area contributed by atoms with Crippen molar-refractivity contribution in [1.29, 1.82) is 0 Å². The van der Waals surface area contributed by atoms with Crippen molar-refractivity contribution in [3.8, 4) is 0 Å². The quantitative estimate of drug-likeness (QED) is 0.901. The lowest BCUT2D eigenvalue weighted by molar-refractivity contribution is -0.131. The molecule has 1 fully saturated rings. The van der Waals surface area contributed by atoms with Gasteiger partial charge in [-0.1, -0.05) is 6.07 Å². The van der Waals surface area contributed by atoms with Crippen molar-refractivity contribution in [2.45, 2.75) is 25.3 Å². The van der Waals surface area contributed by atoms with Gasteiger partial charge in [-0.25, -0.2) is 8.78 Å². The summed E-state index contributed by atoms with van der Waals surface area (Å²) in [6.07, 6.45) is 2.11. The fraction of sp³-hybridized carbons (Fsp3) is 0.500. The SMILES string of the molecule is CNC[C@@H]1CCCN1C(=O)Cc1ccc(F)c(F)c1. The molecule has 0 unspecified atom stereocenters. The molecule has 1 N–H and O–H groups in total. The van der Waals surface area contributed by atoms with Gasteiger partial charge in [0.15, 0.2) is 11.6 Å². The van der Waals surface area contributed by atoms with Crippen molar-refractivity contribution >= 4 is 5.91 Å². The first-order chi connectivity index (χ1) is 9.11. The molecule has 2 rings (SSSR count). The van der Waals surface area contributed by atoms with Gasteiger partial charge in [0.1, 0.15) is 0 Å². The minimum Gasteiger partial charge on any atom is -0.338 e. The number of halogens is 2. The third-order valence-electron chi connectivity index (χ3n) is 3.48. The van der Waals surface area contributed by atoms with Crippen molar-refractivity contribution in [2.24, 2.45) is 0 Å². The Hall–Kier alpha value is -1.49. The highest BCUT2D eigenvalue weighted by atomic mass is 19.2. The molecule has 0 saturated carbocycles. The molecule has 1 atom stereocenters. The van der Waals surface area contributed by atoms with Gasteiger partial charge in [0, 0.05) is 19.1 Å². The van der Waals surface area contributed by atoms with Crippen molar-refractivity contribution in [3.63, 3.8) is 0 Å². The van der Waals surface area contributed by atoms with Crippen LogP contribution < -0.4 is 5.32 Å². The number of rotatable bonds is 4.